The second-order valence-corrected chi connectivity index (χ2v) is 29.9. The normalized spacial score (nSPS) is 20.5. The number of nitrogens with zero attached hydrogens (tertiary/aromatic N) is 8. The number of benzene rings is 2. The predicted molar refractivity (Wildman–Crippen MR) is 381 cm³/mol. The Kier molecular flexibility index (Phi) is 23.3. The summed E-state index contributed by atoms with van der Waals surface area (Å²) < 4.78 is 21.1. The van der Waals surface area contributed by atoms with Crippen molar-refractivity contribution in [1.82, 2.24) is 66.4 Å². The van der Waals surface area contributed by atoms with Crippen molar-refractivity contribution in [3.8, 4) is 49.1 Å². The molecule has 1 unspecified atom stereocenters. The summed E-state index contributed by atoms with van der Waals surface area (Å²) in [6.45, 7) is 4.39. The minimum atomic E-state index is -1.44. The van der Waals surface area contributed by atoms with E-state index in [1.807, 2.05) is 6.92 Å². The second kappa shape index (κ2) is 32.8. The minimum Gasteiger partial charge on any atom is -0.484 e. The third-order valence-corrected chi connectivity index (χ3v) is 22.9. The number of aryl methyl sites for hydroxylation is 1. The van der Waals surface area contributed by atoms with Gasteiger partial charge in [-0.2, -0.15) is 0 Å². The van der Waals surface area contributed by atoms with Gasteiger partial charge in [0.15, 0.2) is 6.61 Å². The molecule has 1 saturated carbocycles. The highest BCUT2D eigenvalue weighted by Gasteiger charge is 2.46. The highest BCUT2D eigenvalue weighted by molar-refractivity contribution is 7.15. The van der Waals surface area contributed by atoms with Gasteiger partial charge in [-0.05, 0) is 68.0 Å². The number of aromatic nitrogens is 7. The maximum atomic E-state index is 15.5. The van der Waals surface area contributed by atoms with E-state index in [4.69, 9.17) is 49.6 Å². The zero-order valence-electron chi connectivity index (χ0n) is 55.3. The summed E-state index contributed by atoms with van der Waals surface area (Å²) >= 11 is 6.89. The molecule has 7 aromatic heterocycles. The number of hydrogen-bond acceptors (Lipinski definition) is 27. The van der Waals surface area contributed by atoms with Crippen LogP contribution in [0.5, 0.6) is 5.75 Å². The van der Waals surface area contributed by atoms with Crippen LogP contribution in [0.4, 0.5) is 0 Å². The lowest BCUT2D eigenvalue weighted by atomic mass is 9.86. The highest BCUT2D eigenvalue weighted by Crippen LogP contribution is 2.43. The van der Waals surface area contributed by atoms with Gasteiger partial charge in [-0.15, -0.1) is 68.0 Å². The van der Waals surface area contributed by atoms with Crippen LogP contribution < -0.4 is 37.1 Å². The van der Waals surface area contributed by atoms with Gasteiger partial charge >= 0.3 is 5.97 Å². The Morgan fingerprint density at radius 2 is 1.36 bits per heavy atom. The molecule has 9 N–H and O–H groups in total. The third kappa shape index (κ3) is 16.9. The van der Waals surface area contributed by atoms with E-state index in [0.29, 0.717) is 109 Å². The molecule has 34 heteroatoms. The minimum absolute atomic E-state index is 0.0339. The van der Waals surface area contributed by atoms with Crippen molar-refractivity contribution in [2.75, 3.05) is 53.7 Å². The lowest BCUT2D eigenvalue weighted by Crippen LogP contribution is -2.50. The van der Waals surface area contributed by atoms with E-state index in [9.17, 15) is 43.8 Å². The van der Waals surface area contributed by atoms with Crippen LogP contribution in [0.1, 0.15) is 136 Å². The van der Waals surface area contributed by atoms with Crippen LogP contribution in [0.3, 0.4) is 0 Å². The van der Waals surface area contributed by atoms with E-state index in [2.05, 4.69) is 36.6 Å². The van der Waals surface area contributed by atoms with Crippen LogP contribution in [0.15, 0.2) is 93.6 Å². The summed E-state index contributed by atoms with van der Waals surface area (Å²) in [7, 11) is 2.93. The van der Waals surface area contributed by atoms with E-state index in [0.717, 1.165) is 34.0 Å². The lowest BCUT2D eigenvalue weighted by Gasteiger charge is -2.29. The standard InChI is InChI=1S/C68H70N14O14S6/c1-33-49(83)26-82-55(33)66-79-48(32-101-66)63-75-44(28-98-63)53-40(18-19-41(72-53)62-77-45(30-99-62)57(87)71-38-14-12-37(13-15-38)68(92)94-4)61-76-46(29-97-61)58(88)73-42(25-50(69)84)64-81-52(34(2)102-64)60(90)80-54(56(86)36-8-6-5-7-9-36)65-78-47(31-100-65)59(89)74-43(67(82)91)24-35-10-16-39(17-11-35)96-27-51(85)70-20-21-95-23-22-93-3/h5-11,16-19,28-33,37-38,42-43,49,54-56,83,86H,12-15,20-27H2,1-4H3,(H2,69,84)(H,70,85)(H,71,87)(H,73,88)(H,74,89)(H,80,90)/t33-,37?,38?,42-,43-,49-,54?,55-,56+/m0/s1. The number of hydrogen-bond donors (Lipinski definition) is 8. The zero-order valence-corrected chi connectivity index (χ0v) is 60.2. The fourth-order valence-corrected chi connectivity index (χ4v) is 17.3. The van der Waals surface area contributed by atoms with Gasteiger partial charge in [0.25, 0.3) is 29.5 Å². The molecule has 2 fully saturated rings. The number of amides is 7. The molecule has 1 aliphatic carbocycles. The Labute approximate surface area is 607 Å². The molecule has 1 saturated heterocycles. The molecule has 9 aromatic rings. The number of thiazole rings is 6. The number of pyridine rings is 1. The van der Waals surface area contributed by atoms with Gasteiger partial charge in [-0.1, -0.05) is 49.4 Å². The molecule has 10 bridgehead atoms. The smallest absolute Gasteiger partial charge is 0.308 e. The number of esters is 1. The number of methoxy groups -OCH3 is 2. The van der Waals surface area contributed by atoms with E-state index in [1.165, 1.54) is 51.4 Å². The van der Waals surface area contributed by atoms with Crippen LogP contribution in [0, 0.1) is 18.8 Å². The molecular weight excluding hydrogens is 1430 g/mol. The maximum absolute atomic E-state index is 15.5. The van der Waals surface area contributed by atoms with E-state index in [-0.39, 0.29) is 95.3 Å². The molecule has 12 rings (SSSR count). The van der Waals surface area contributed by atoms with Crippen molar-refractivity contribution < 1.29 is 67.5 Å². The fourth-order valence-electron chi connectivity index (χ4n) is 12.0. The van der Waals surface area contributed by atoms with Gasteiger partial charge in [0.2, 0.25) is 11.8 Å². The van der Waals surface area contributed by atoms with Crippen molar-refractivity contribution in [3.05, 3.63) is 147 Å². The number of rotatable bonds is 19. The topological polar surface area (TPSA) is 394 Å². The molecule has 9 heterocycles. The molecule has 0 radical (unpaired) electrons. The van der Waals surface area contributed by atoms with Crippen LogP contribution >= 0.6 is 68.0 Å². The summed E-state index contributed by atoms with van der Waals surface area (Å²) in [4.78, 5) is 147. The molecule has 0 spiro atoms. The van der Waals surface area contributed by atoms with Crippen molar-refractivity contribution in [2.24, 2.45) is 17.6 Å². The monoisotopic (exact) mass is 1500 g/mol. The van der Waals surface area contributed by atoms with E-state index < -0.39 is 78.2 Å². The average Bonchev–Trinajstić information content (AvgIpc) is 1.62. The second-order valence-electron chi connectivity index (χ2n) is 24.3. The molecule has 2 aliphatic heterocycles. The number of aliphatic hydroxyl groups excluding tert-OH is 2. The maximum Gasteiger partial charge on any atom is 0.308 e. The number of nitrogens with two attached hydrogens (primary N) is 1. The Morgan fingerprint density at radius 1 is 0.686 bits per heavy atom. The van der Waals surface area contributed by atoms with Crippen molar-refractivity contribution >= 4 is 115 Å². The van der Waals surface area contributed by atoms with Gasteiger partial charge in [0.1, 0.15) is 93.8 Å². The number of carbonyl (C=O) groups excluding carboxylic acids is 8. The number of aliphatic hydroxyl groups is 2. The van der Waals surface area contributed by atoms with Crippen LogP contribution in [-0.2, 0) is 39.8 Å². The highest BCUT2D eigenvalue weighted by atomic mass is 32.1. The molecule has 28 nitrogen and oxygen atoms in total. The number of ether oxygens (including phenoxy) is 4. The van der Waals surface area contributed by atoms with E-state index in [1.54, 1.807) is 102 Å². The average molecular weight is 1500 g/mol. The SMILES string of the molecule is COCCOCCNC(=O)COc1ccc(C[C@@H]2NC(=O)c3csc(n3)C([C@H](O)c3ccccc3)NC(=O)c3nc(sc3C)[C@H](CC(N)=O)NC(=O)c3csc(n3)-c3ccc(-c4nc(C(=O)NC5CCC(C(=O)OC)CC5)cs4)nc3-c3csc(n3)-c3csc(n3)[C@@H]3[C@@H](C)[C@@H](O)CN3C2=O)cc1. The Bertz CT molecular complexity index is 4530. The number of carbonyl (C=O) groups is 8. The number of nitrogens with one attached hydrogen (secondary N) is 5. The lowest BCUT2D eigenvalue weighted by molar-refractivity contribution is -0.146. The largest absolute Gasteiger partial charge is 0.484 e. The Morgan fingerprint density at radius 3 is 2.12 bits per heavy atom. The first-order valence-corrected chi connectivity index (χ1v) is 37.6. The van der Waals surface area contributed by atoms with Crippen LogP contribution in [0.2, 0.25) is 0 Å². The van der Waals surface area contributed by atoms with Gasteiger partial charge in [0.05, 0.1) is 63.2 Å². The van der Waals surface area contributed by atoms with E-state index >= 15 is 4.79 Å². The molecule has 2 aromatic carbocycles. The number of primary amides is 1. The molecule has 7 atom stereocenters. The van der Waals surface area contributed by atoms with Crippen LogP contribution in [0.25, 0.3) is 43.4 Å². The molecule has 3 aliphatic rings. The predicted octanol–water partition coefficient (Wildman–Crippen LogP) is 7.20. The molecule has 532 valence electrons. The van der Waals surface area contributed by atoms with Gasteiger partial charge in [-0.3, -0.25) is 38.4 Å². The first-order chi connectivity index (χ1) is 49.3. The summed E-state index contributed by atoms with van der Waals surface area (Å²) in [5.41, 5.74) is 8.70. The summed E-state index contributed by atoms with van der Waals surface area (Å²) in [6, 6.07) is 14.0. The third-order valence-electron chi connectivity index (χ3n) is 17.4. The van der Waals surface area contributed by atoms with Gasteiger partial charge < -0.3 is 66.4 Å². The first-order valence-electron chi connectivity index (χ1n) is 32.4. The molecule has 7 amide bonds. The quantitative estimate of drug-likeness (QED) is 0.0293. The fraction of sp³-hybridized carbons (Fsp3) is 0.368. The van der Waals surface area contributed by atoms with Gasteiger partial charge in [-0.25, -0.2) is 34.9 Å². The number of fused-ring (bicyclic) bond motifs is 16. The first kappa shape index (κ1) is 72.6. The Balaban J connectivity index is 0.895. The van der Waals surface area contributed by atoms with Crippen LogP contribution in [-0.4, -0.2) is 169 Å². The van der Waals surface area contributed by atoms with Gasteiger partial charge in [0, 0.05) is 75.9 Å². The van der Waals surface area contributed by atoms with Crippen molar-refractivity contribution in [2.45, 2.75) is 94.8 Å². The van der Waals surface area contributed by atoms with Crippen molar-refractivity contribution in [3.63, 3.8) is 0 Å². The molecule has 102 heavy (non-hydrogen) atoms. The Hall–Kier alpha value is -9.23. The van der Waals surface area contributed by atoms with Crippen molar-refractivity contribution in [1.29, 1.82) is 0 Å². The summed E-state index contributed by atoms with van der Waals surface area (Å²) in [5, 5.41) is 48.5. The summed E-state index contributed by atoms with van der Waals surface area (Å²) in [6.07, 6.45) is -0.584. The molecular formula is C68H70N14O14S6. The zero-order chi connectivity index (χ0) is 71.7. The summed E-state index contributed by atoms with van der Waals surface area (Å²) in [5.74, 6) is -5.00.